The van der Waals surface area contributed by atoms with Gasteiger partial charge in [0.15, 0.2) is 22.9 Å². The zero-order valence-corrected chi connectivity index (χ0v) is 25.2. The number of hydrogen-bond donors (Lipinski definition) is 1. The molecule has 1 aromatic heterocycles. The van der Waals surface area contributed by atoms with E-state index in [1.165, 1.54) is 18.4 Å². The molecule has 1 N–H and O–H groups in total. The molecule has 0 saturated heterocycles. The molecule has 3 aromatic carbocycles. The number of amides is 1. The molecule has 11 heteroatoms. The first-order valence-corrected chi connectivity index (χ1v) is 14.5. The summed E-state index contributed by atoms with van der Waals surface area (Å²) < 4.78 is 18.4. The van der Waals surface area contributed by atoms with Crippen molar-refractivity contribution in [2.75, 3.05) is 25.6 Å². The van der Waals surface area contributed by atoms with Crippen LogP contribution in [0.15, 0.2) is 87.8 Å². The number of nitrogens with one attached hydrogen (secondary N) is 1. The second-order valence-corrected chi connectivity index (χ2v) is 10.8. The zero-order chi connectivity index (χ0) is 30.5. The van der Waals surface area contributed by atoms with Crippen LogP contribution in [0.2, 0.25) is 5.02 Å². The van der Waals surface area contributed by atoms with E-state index in [9.17, 15) is 9.59 Å². The summed E-state index contributed by atoms with van der Waals surface area (Å²) in [5, 5.41) is 12.1. The van der Waals surface area contributed by atoms with Crippen LogP contribution in [0.25, 0.3) is 6.08 Å². The first kappa shape index (κ1) is 29.6. The Bertz CT molecular complexity index is 1930. The summed E-state index contributed by atoms with van der Waals surface area (Å²) in [6.45, 7) is 3.99. The molecule has 1 atom stereocenters. The van der Waals surface area contributed by atoms with E-state index in [1.54, 1.807) is 41.8 Å². The molecule has 0 radical (unpaired) electrons. The zero-order valence-electron chi connectivity index (χ0n) is 23.6. The Labute approximate surface area is 256 Å². The van der Waals surface area contributed by atoms with Crippen molar-refractivity contribution in [3.63, 3.8) is 0 Å². The van der Waals surface area contributed by atoms with Crippen LogP contribution in [-0.2, 0) is 4.79 Å². The lowest BCUT2D eigenvalue weighted by Crippen LogP contribution is -2.40. The number of hydrogen-bond acceptors (Lipinski definition) is 8. The number of methoxy groups -OCH3 is 1. The first-order chi connectivity index (χ1) is 20.8. The normalized spacial score (nSPS) is 14.4. The lowest BCUT2D eigenvalue weighted by atomic mass is 9.95. The van der Waals surface area contributed by atoms with Crippen molar-refractivity contribution in [3.8, 4) is 23.3 Å². The topological polar surface area (TPSA) is 115 Å². The van der Waals surface area contributed by atoms with E-state index >= 15 is 0 Å². The van der Waals surface area contributed by atoms with Crippen molar-refractivity contribution in [3.05, 3.63) is 114 Å². The third-order valence-corrected chi connectivity index (χ3v) is 7.90. The molecule has 1 aliphatic heterocycles. The summed E-state index contributed by atoms with van der Waals surface area (Å²) in [6, 6.07) is 20.9. The summed E-state index contributed by atoms with van der Waals surface area (Å²) in [6.07, 6.45) is 1.69. The fourth-order valence-corrected chi connectivity index (χ4v) is 6.10. The average molecular weight is 615 g/mol. The molecule has 2 heterocycles. The SMILES string of the molecule is CCOc1ccc([C@@H]2C(C(=O)Nc3ccccc3)=C(C)N=c3s/c(=C\c4cc(Cl)c(OCC#N)c(OC)c4)c(=O)n32)cc1. The van der Waals surface area contributed by atoms with E-state index in [-0.39, 0.29) is 28.8 Å². The highest BCUT2D eigenvalue weighted by molar-refractivity contribution is 7.07. The molecule has 0 bridgehead atoms. The number of carbonyl (C=O) groups excluding carboxylic acids is 1. The molecule has 4 aromatic rings. The maximum atomic E-state index is 14.0. The van der Waals surface area contributed by atoms with Crippen molar-refractivity contribution >= 4 is 40.6 Å². The van der Waals surface area contributed by atoms with Gasteiger partial charge in [0.1, 0.15) is 11.8 Å². The van der Waals surface area contributed by atoms with Crippen LogP contribution >= 0.6 is 22.9 Å². The van der Waals surface area contributed by atoms with Gasteiger partial charge in [-0.15, -0.1) is 0 Å². The van der Waals surface area contributed by atoms with Gasteiger partial charge >= 0.3 is 0 Å². The Hall–Kier alpha value is -4.85. The van der Waals surface area contributed by atoms with Gasteiger partial charge < -0.3 is 19.5 Å². The van der Waals surface area contributed by atoms with Crippen LogP contribution in [0.5, 0.6) is 17.2 Å². The van der Waals surface area contributed by atoms with Crippen molar-refractivity contribution < 1.29 is 19.0 Å². The van der Waals surface area contributed by atoms with E-state index in [0.717, 1.165) is 5.56 Å². The second kappa shape index (κ2) is 13.0. The molecule has 9 nitrogen and oxygen atoms in total. The lowest BCUT2D eigenvalue weighted by Gasteiger charge is -2.25. The number of nitrogens with zero attached hydrogens (tertiary/aromatic N) is 3. The molecule has 1 amide bonds. The highest BCUT2D eigenvalue weighted by Gasteiger charge is 2.32. The third-order valence-electron chi connectivity index (χ3n) is 6.64. The maximum Gasteiger partial charge on any atom is 0.271 e. The van der Waals surface area contributed by atoms with E-state index in [2.05, 4.69) is 10.3 Å². The van der Waals surface area contributed by atoms with E-state index < -0.39 is 6.04 Å². The molecule has 5 rings (SSSR count). The number of rotatable bonds is 9. The number of ether oxygens (including phenoxy) is 3. The standard InChI is InChI=1S/C32H27ClN4O5S/c1-4-41-23-12-10-21(11-13-23)28-27(30(38)36-22-8-6-5-7-9-22)19(2)35-32-37(28)31(39)26(43-32)18-20-16-24(33)29(42-15-14-34)25(17-20)40-3/h5-13,16-18,28H,4,15H2,1-3H3,(H,36,38)/b26-18-/t28-/m1/s1. The Kier molecular flexibility index (Phi) is 8.95. The second-order valence-electron chi connectivity index (χ2n) is 9.38. The van der Waals surface area contributed by atoms with Crippen molar-refractivity contribution in [2.24, 2.45) is 4.99 Å². The Morgan fingerprint density at radius 1 is 1.16 bits per heavy atom. The van der Waals surface area contributed by atoms with Gasteiger partial charge in [-0.05, 0) is 67.4 Å². The van der Waals surface area contributed by atoms with E-state index in [0.29, 0.717) is 50.0 Å². The minimum Gasteiger partial charge on any atom is -0.494 e. The van der Waals surface area contributed by atoms with Crippen LogP contribution in [0.3, 0.4) is 0 Å². The Morgan fingerprint density at radius 3 is 2.58 bits per heavy atom. The Morgan fingerprint density at radius 2 is 1.91 bits per heavy atom. The Balaban J connectivity index is 1.64. The maximum absolute atomic E-state index is 14.0. The summed E-state index contributed by atoms with van der Waals surface area (Å²) >= 11 is 7.64. The minimum atomic E-state index is -0.738. The van der Waals surface area contributed by atoms with Gasteiger partial charge in [0.25, 0.3) is 11.5 Å². The van der Waals surface area contributed by atoms with Gasteiger partial charge in [-0.3, -0.25) is 14.2 Å². The van der Waals surface area contributed by atoms with Crippen molar-refractivity contribution in [1.82, 2.24) is 4.57 Å². The van der Waals surface area contributed by atoms with E-state index in [4.69, 9.17) is 31.1 Å². The summed E-state index contributed by atoms with van der Waals surface area (Å²) in [5.74, 6) is 0.891. The molecule has 43 heavy (non-hydrogen) atoms. The predicted molar refractivity (Wildman–Crippen MR) is 166 cm³/mol. The predicted octanol–water partition coefficient (Wildman–Crippen LogP) is 4.84. The minimum absolute atomic E-state index is 0.195. The van der Waals surface area contributed by atoms with Crippen molar-refractivity contribution in [1.29, 1.82) is 5.26 Å². The monoisotopic (exact) mass is 614 g/mol. The number of thiazole rings is 1. The van der Waals surface area contributed by atoms with Gasteiger partial charge in [0.05, 0.1) is 40.6 Å². The quantitative estimate of drug-likeness (QED) is 0.289. The molecule has 218 valence electrons. The molecule has 0 spiro atoms. The van der Waals surface area contributed by atoms with Crippen LogP contribution in [0.1, 0.15) is 31.0 Å². The number of benzene rings is 3. The highest BCUT2D eigenvalue weighted by atomic mass is 35.5. The number of halogens is 1. The smallest absolute Gasteiger partial charge is 0.271 e. The molecular weight excluding hydrogens is 588 g/mol. The molecule has 1 aliphatic rings. The number of aromatic nitrogens is 1. The largest absolute Gasteiger partial charge is 0.494 e. The number of allylic oxidation sites excluding steroid dienone is 1. The fraction of sp³-hybridized carbons (Fsp3) is 0.188. The number of carbonyl (C=O) groups is 1. The van der Waals surface area contributed by atoms with Gasteiger partial charge in [0.2, 0.25) is 0 Å². The summed E-state index contributed by atoms with van der Waals surface area (Å²) in [7, 11) is 1.46. The molecule has 0 fully saturated rings. The van der Waals surface area contributed by atoms with Crippen LogP contribution < -0.4 is 34.4 Å². The van der Waals surface area contributed by atoms with Gasteiger partial charge in [-0.25, -0.2) is 4.99 Å². The summed E-state index contributed by atoms with van der Waals surface area (Å²) in [5.41, 5.74) is 2.49. The summed E-state index contributed by atoms with van der Waals surface area (Å²) in [4.78, 5) is 32.9. The van der Waals surface area contributed by atoms with E-state index in [1.807, 2.05) is 55.5 Å². The van der Waals surface area contributed by atoms with Crippen LogP contribution in [0.4, 0.5) is 5.69 Å². The third kappa shape index (κ3) is 6.18. The highest BCUT2D eigenvalue weighted by Crippen LogP contribution is 2.37. The molecule has 0 aliphatic carbocycles. The van der Waals surface area contributed by atoms with Gasteiger partial charge in [-0.2, -0.15) is 5.26 Å². The molecular formula is C32H27ClN4O5S. The first-order valence-electron chi connectivity index (χ1n) is 13.3. The number of fused-ring (bicyclic) bond motifs is 1. The fourth-order valence-electron chi connectivity index (χ4n) is 4.78. The van der Waals surface area contributed by atoms with Crippen LogP contribution in [-0.4, -0.2) is 30.8 Å². The molecule has 0 saturated carbocycles. The van der Waals surface area contributed by atoms with Gasteiger partial charge in [-0.1, -0.05) is 53.3 Å². The number of anilines is 1. The van der Waals surface area contributed by atoms with Gasteiger partial charge in [0, 0.05) is 5.69 Å². The number of para-hydroxylation sites is 1. The van der Waals surface area contributed by atoms with Crippen molar-refractivity contribution in [2.45, 2.75) is 19.9 Å². The lowest BCUT2D eigenvalue weighted by molar-refractivity contribution is -0.113. The van der Waals surface area contributed by atoms with Crippen LogP contribution in [0, 0.1) is 11.3 Å². The molecule has 0 unspecified atom stereocenters. The number of nitriles is 1. The average Bonchev–Trinajstić information content (AvgIpc) is 3.30.